The lowest BCUT2D eigenvalue weighted by molar-refractivity contribution is -0.148. The zero-order chi connectivity index (χ0) is 18.4. The number of rotatable bonds is 3. The van der Waals surface area contributed by atoms with Crippen molar-refractivity contribution in [2.45, 2.75) is 45.3 Å². The SMILES string of the molecule is CC(C)(C)OC(=O)/C=C/c1cn(C2CC2)c2cc(F)c(F)cc2c1=O. The number of esters is 1. The van der Waals surface area contributed by atoms with Gasteiger partial charge in [0.15, 0.2) is 17.1 Å². The van der Waals surface area contributed by atoms with Crippen LogP contribution in [0.2, 0.25) is 0 Å². The number of aromatic nitrogens is 1. The summed E-state index contributed by atoms with van der Waals surface area (Å²) < 4.78 is 34.1. The number of halogens is 2. The van der Waals surface area contributed by atoms with Gasteiger partial charge in [-0.3, -0.25) is 4.79 Å². The average Bonchev–Trinajstić information content (AvgIpc) is 3.31. The van der Waals surface area contributed by atoms with Crippen molar-refractivity contribution >= 4 is 22.9 Å². The summed E-state index contributed by atoms with van der Waals surface area (Å²) in [5.41, 5.74) is -0.498. The number of nitrogens with zero attached hydrogens (tertiary/aromatic N) is 1. The molecule has 0 radical (unpaired) electrons. The topological polar surface area (TPSA) is 48.3 Å². The largest absolute Gasteiger partial charge is 0.457 e. The highest BCUT2D eigenvalue weighted by atomic mass is 19.2. The van der Waals surface area contributed by atoms with Gasteiger partial charge in [-0.2, -0.15) is 0 Å². The maximum absolute atomic E-state index is 13.6. The highest BCUT2D eigenvalue weighted by Gasteiger charge is 2.26. The van der Waals surface area contributed by atoms with Gasteiger partial charge in [-0.25, -0.2) is 13.6 Å². The van der Waals surface area contributed by atoms with Crippen LogP contribution in [0.3, 0.4) is 0 Å². The van der Waals surface area contributed by atoms with Crippen LogP contribution in [0.15, 0.2) is 29.2 Å². The van der Waals surface area contributed by atoms with Crippen LogP contribution in [0.1, 0.15) is 45.2 Å². The summed E-state index contributed by atoms with van der Waals surface area (Å²) in [5, 5.41) is 0.0946. The highest BCUT2D eigenvalue weighted by Crippen LogP contribution is 2.37. The molecule has 1 saturated carbocycles. The molecule has 0 aliphatic heterocycles. The summed E-state index contributed by atoms with van der Waals surface area (Å²) in [4.78, 5) is 24.4. The Kier molecular flexibility index (Phi) is 4.22. The number of hydrogen-bond donors (Lipinski definition) is 0. The first-order valence-electron chi connectivity index (χ1n) is 8.11. The van der Waals surface area contributed by atoms with Crippen molar-refractivity contribution in [3.8, 4) is 0 Å². The van der Waals surface area contributed by atoms with Gasteiger partial charge in [0.1, 0.15) is 5.60 Å². The molecule has 0 saturated heterocycles. The van der Waals surface area contributed by atoms with E-state index in [4.69, 9.17) is 4.74 Å². The number of pyridine rings is 1. The molecule has 0 unspecified atom stereocenters. The van der Waals surface area contributed by atoms with Gasteiger partial charge in [-0.15, -0.1) is 0 Å². The van der Waals surface area contributed by atoms with Gasteiger partial charge in [-0.1, -0.05) is 0 Å². The zero-order valence-corrected chi connectivity index (χ0v) is 14.3. The van der Waals surface area contributed by atoms with Crippen LogP contribution in [0, 0.1) is 11.6 Å². The fraction of sp³-hybridized carbons (Fsp3) is 0.368. The van der Waals surface area contributed by atoms with Crippen molar-refractivity contribution in [3.63, 3.8) is 0 Å². The molecule has 6 heteroatoms. The minimum absolute atomic E-state index is 0.0946. The van der Waals surface area contributed by atoms with Crippen LogP contribution < -0.4 is 5.43 Å². The molecule has 0 amide bonds. The lowest BCUT2D eigenvalue weighted by atomic mass is 10.1. The third-order valence-electron chi connectivity index (χ3n) is 3.85. The van der Waals surface area contributed by atoms with Crippen molar-refractivity contribution in [1.82, 2.24) is 4.57 Å². The second-order valence-corrected chi connectivity index (χ2v) is 7.20. The van der Waals surface area contributed by atoms with E-state index in [9.17, 15) is 18.4 Å². The molecule has 4 nitrogen and oxygen atoms in total. The van der Waals surface area contributed by atoms with Crippen LogP contribution in [0.25, 0.3) is 17.0 Å². The van der Waals surface area contributed by atoms with Gasteiger partial charge in [0.05, 0.1) is 5.52 Å². The summed E-state index contributed by atoms with van der Waals surface area (Å²) in [6, 6.07) is 2.12. The van der Waals surface area contributed by atoms with Crippen LogP contribution in [-0.2, 0) is 9.53 Å². The first-order chi connectivity index (χ1) is 11.7. The Bertz CT molecular complexity index is 934. The fourth-order valence-corrected chi connectivity index (χ4v) is 2.63. The summed E-state index contributed by atoms with van der Waals surface area (Å²) in [5.74, 6) is -2.63. The molecule has 1 heterocycles. The zero-order valence-electron chi connectivity index (χ0n) is 14.3. The minimum atomic E-state index is -1.07. The normalized spacial score (nSPS) is 15.1. The molecule has 1 aromatic carbocycles. The molecule has 132 valence electrons. The first kappa shape index (κ1) is 17.3. The summed E-state index contributed by atoms with van der Waals surface area (Å²) in [6.07, 6.45) is 5.93. The number of benzene rings is 1. The van der Waals surface area contributed by atoms with E-state index in [0.29, 0.717) is 5.52 Å². The Morgan fingerprint density at radius 1 is 1.24 bits per heavy atom. The first-order valence-corrected chi connectivity index (χ1v) is 8.11. The lowest BCUT2D eigenvalue weighted by Gasteiger charge is -2.18. The van der Waals surface area contributed by atoms with E-state index in [1.807, 2.05) is 0 Å². The average molecular weight is 347 g/mol. The maximum Gasteiger partial charge on any atom is 0.331 e. The summed E-state index contributed by atoms with van der Waals surface area (Å²) >= 11 is 0. The Hall–Kier alpha value is -2.50. The third-order valence-corrected chi connectivity index (χ3v) is 3.85. The van der Waals surface area contributed by atoms with E-state index < -0.39 is 28.6 Å². The van der Waals surface area contributed by atoms with E-state index in [1.54, 1.807) is 31.5 Å². The second kappa shape index (κ2) is 6.10. The van der Waals surface area contributed by atoms with Crippen molar-refractivity contribution < 1.29 is 18.3 Å². The third kappa shape index (κ3) is 3.78. The molecule has 3 rings (SSSR count). The number of fused-ring (bicyclic) bond motifs is 1. The molecular weight excluding hydrogens is 328 g/mol. The molecule has 0 N–H and O–H groups in total. The van der Waals surface area contributed by atoms with Crippen molar-refractivity contribution in [2.75, 3.05) is 0 Å². The van der Waals surface area contributed by atoms with Gasteiger partial charge >= 0.3 is 5.97 Å². The van der Waals surface area contributed by atoms with Gasteiger partial charge in [0.2, 0.25) is 0 Å². The lowest BCUT2D eigenvalue weighted by Crippen LogP contribution is -2.22. The Morgan fingerprint density at radius 3 is 2.48 bits per heavy atom. The molecule has 1 aliphatic carbocycles. The predicted molar refractivity (Wildman–Crippen MR) is 91.3 cm³/mol. The van der Waals surface area contributed by atoms with Gasteiger partial charge in [0.25, 0.3) is 0 Å². The van der Waals surface area contributed by atoms with E-state index in [2.05, 4.69) is 0 Å². The quantitative estimate of drug-likeness (QED) is 0.623. The maximum atomic E-state index is 13.6. The van der Waals surface area contributed by atoms with E-state index in [1.165, 1.54) is 12.2 Å². The smallest absolute Gasteiger partial charge is 0.331 e. The number of carbonyl (C=O) groups is 1. The molecule has 2 aromatic rings. The Balaban J connectivity index is 2.07. The van der Waals surface area contributed by atoms with Crippen molar-refractivity contribution in [3.05, 3.63) is 51.8 Å². The molecule has 0 spiro atoms. The summed E-state index contributed by atoms with van der Waals surface area (Å²) in [6.45, 7) is 5.23. The molecule has 25 heavy (non-hydrogen) atoms. The van der Waals surface area contributed by atoms with Crippen molar-refractivity contribution in [2.24, 2.45) is 0 Å². The number of carbonyl (C=O) groups excluding carboxylic acids is 1. The van der Waals surface area contributed by atoms with Crippen LogP contribution >= 0.6 is 0 Å². The van der Waals surface area contributed by atoms with Gasteiger partial charge in [0, 0.05) is 35.3 Å². The van der Waals surface area contributed by atoms with Gasteiger partial charge in [-0.05, 0) is 45.8 Å². The van der Waals surface area contributed by atoms with Gasteiger partial charge < -0.3 is 9.30 Å². The van der Waals surface area contributed by atoms with E-state index in [-0.39, 0.29) is 17.0 Å². The second-order valence-electron chi connectivity index (χ2n) is 7.20. The molecule has 1 aromatic heterocycles. The van der Waals surface area contributed by atoms with E-state index >= 15 is 0 Å². The predicted octanol–water partition coefficient (Wildman–Crippen LogP) is 3.97. The number of hydrogen-bond acceptors (Lipinski definition) is 3. The summed E-state index contributed by atoms with van der Waals surface area (Å²) in [7, 11) is 0. The van der Waals surface area contributed by atoms with Crippen molar-refractivity contribution in [1.29, 1.82) is 0 Å². The fourth-order valence-electron chi connectivity index (χ4n) is 2.63. The molecule has 1 aliphatic rings. The minimum Gasteiger partial charge on any atom is -0.457 e. The highest BCUT2D eigenvalue weighted by molar-refractivity contribution is 5.89. The monoisotopic (exact) mass is 347 g/mol. The Labute approximate surface area is 143 Å². The van der Waals surface area contributed by atoms with Crippen LogP contribution in [0.4, 0.5) is 8.78 Å². The molecule has 0 atom stereocenters. The standard InChI is InChI=1S/C19H19F2NO3/c1-19(2,3)25-17(23)7-4-11-10-22(12-5-6-12)16-9-15(21)14(20)8-13(16)18(11)24/h4,7-10,12H,5-6H2,1-3H3/b7-4+. The van der Waals surface area contributed by atoms with Crippen LogP contribution in [-0.4, -0.2) is 16.1 Å². The van der Waals surface area contributed by atoms with E-state index in [0.717, 1.165) is 25.0 Å². The molecule has 0 bridgehead atoms. The molecule has 1 fully saturated rings. The molecular formula is C19H19F2NO3. The van der Waals surface area contributed by atoms with Crippen LogP contribution in [0.5, 0.6) is 0 Å². The Morgan fingerprint density at radius 2 is 1.88 bits per heavy atom. The number of ether oxygens (including phenoxy) is 1.